The Morgan fingerprint density at radius 2 is 2.08 bits per heavy atom. The number of sulfone groups is 1. The molecule has 0 bridgehead atoms. The second kappa shape index (κ2) is 8.39. The van der Waals surface area contributed by atoms with E-state index in [1.165, 1.54) is 11.1 Å². The SMILES string of the molecule is CCCCN(C(=O)CSc1cc(C)ccc1C)C1CCS(=O)(=O)C1. The van der Waals surface area contributed by atoms with Gasteiger partial charge in [0.2, 0.25) is 5.91 Å². The first-order valence-corrected chi connectivity index (χ1v) is 11.3. The number of hydrogen-bond donors (Lipinski definition) is 0. The molecule has 1 unspecified atom stereocenters. The van der Waals surface area contributed by atoms with Crippen LogP contribution in [0.4, 0.5) is 0 Å². The third kappa shape index (κ3) is 5.24. The Bertz CT molecular complexity index is 686. The molecule has 134 valence electrons. The predicted octanol–water partition coefficient (Wildman–Crippen LogP) is 3.21. The normalized spacial score (nSPS) is 19.4. The van der Waals surface area contributed by atoms with Crippen LogP contribution in [-0.2, 0) is 14.6 Å². The highest BCUT2D eigenvalue weighted by Gasteiger charge is 2.34. The molecule has 0 saturated carbocycles. The molecule has 4 nitrogen and oxygen atoms in total. The maximum absolute atomic E-state index is 12.7. The number of nitrogens with zero attached hydrogens (tertiary/aromatic N) is 1. The summed E-state index contributed by atoms with van der Waals surface area (Å²) in [6.07, 6.45) is 2.48. The molecular formula is C18H27NO3S2. The minimum Gasteiger partial charge on any atom is -0.338 e. The number of thioether (sulfide) groups is 1. The predicted molar refractivity (Wildman–Crippen MR) is 100 cm³/mol. The quantitative estimate of drug-likeness (QED) is 0.693. The molecule has 0 aliphatic carbocycles. The summed E-state index contributed by atoms with van der Waals surface area (Å²) in [6, 6.07) is 6.09. The van der Waals surface area contributed by atoms with Gasteiger partial charge >= 0.3 is 0 Å². The van der Waals surface area contributed by atoms with E-state index in [1.54, 1.807) is 11.8 Å². The van der Waals surface area contributed by atoms with E-state index < -0.39 is 9.84 Å². The number of carbonyl (C=O) groups is 1. The van der Waals surface area contributed by atoms with Gasteiger partial charge in [0.25, 0.3) is 0 Å². The molecule has 1 heterocycles. The summed E-state index contributed by atoms with van der Waals surface area (Å²) in [6.45, 7) is 6.83. The van der Waals surface area contributed by atoms with Crippen molar-refractivity contribution in [3.05, 3.63) is 29.3 Å². The summed E-state index contributed by atoms with van der Waals surface area (Å²) in [5, 5.41) is 0. The second-order valence-corrected chi connectivity index (χ2v) is 9.80. The zero-order valence-electron chi connectivity index (χ0n) is 14.7. The van der Waals surface area contributed by atoms with Gasteiger partial charge in [0.05, 0.1) is 17.3 Å². The number of hydrogen-bond acceptors (Lipinski definition) is 4. The molecule has 1 fully saturated rings. The highest BCUT2D eigenvalue weighted by Crippen LogP contribution is 2.25. The van der Waals surface area contributed by atoms with Crippen molar-refractivity contribution in [3.8, 4) is 0 Å². The average Bonchev–Trinajstić information content (AvgIpc) is 2.88. The molecule has 0 aromatic heterocycles. The standard InChI is InChI=1S/C18H27NO3S2/c1-4-5-9-19(16-8-10-24(21,22)13-16)18(20)12-23-17-11-14(2)6-7-15(17)3/h6-7,11,16H,4-5,8-10,12-13H2,1-3H3. The second-order valence-electron chi connectivity index (χ2n) is 6.56. The van der Waals surface area contributed by atoms with Gasteiger partial charge in [-0.3, -0.25) is 4.79 Å². The molecule has 2 rings (SSSR count). The van der Waals surface area contributed by atoms with Gasteiger partial charge in [-0.25, -0.2) is 8.42 Å². The zero-order chi connectivity index (χ0) is 17.7. The van der Waals surface area contributed by atoms with Crippen molar-refractivity contribution in [2.75, 3.05) is 23.8 Å². The molecule has 1 saturated heterocycles. The van der Waals surface area contributed by atoms with Gasteiger partial charge in [0.15, 0.2) is 9.84 Å². The van der Waals surface area contributed by atoms with Crippen LogP contribution in [0.15, 0.2) is 23.1 Å². The van der Waals surface area contributed by atoms with Crippen LogP contribution < -0.4 is 0 Å². The van der Waals surface area contributed by atoms with Crippen molar-refractivity contribution in [1.29, 1.82) is 0 Å². The Morgan fingerprint density at radius 3 is 2.71 bits per heavy atom. The van der Waals surface area contributed by atoms with Crippen molar-refractivity contribution < 1.29 is 13.2 Å². The lowest BCUT2D eigenvalue weighted by molar-refractivity contribution is -0.130. The van der Waals surface area contributed by atoms with Gasteiger partial charge in [-0.05, 0) is 38.3 Å². The number of aryl methyl sites for hydroxylation is 2. The van der Waals surface area contributed by atoms with Crippen LogP contribution in [0.25, 0.3) is 0 Å². The molecule has 0 radical (unpaired) electrons. The van der Waals surface area contributed by atoms with Crippen molar-refractivity contribution >= 4 is 27.5 Å². The van der Waals surface area contributed by atoms with Gasteiger partial charge < -0.3 is 4.90 Å². The summed E-state index contributed by atoms with van der Waals surface area (Å²) in [4.78, 5) is 15.7. The van der Waals surface area contributed by atoms with Gasteiger partial charge in [-0.1, -0.05) is 31.0 Å². The van der Waals surface area contributed by atoms with Crippen molar-refractivity contribution in [2.24, 2.45) is 0 Å². The minimum absolute atomic E-state index is 0.0523. The van der Waals surface area contributed by atoms with E-state index in [-0.39, 0.29) is 23.5 Å². The smallest absolute Gasteiger partial charge is 0.233 e. The minimum atomic E-state index is -2.98. The highest BCUT2D eigenvalue weighted by atomic mass is 32.2. The van der Waals surface area contributed by atoms with Crippen LogP contribution >= 0.6 is 11.8 Å². The van der Waals surface area contributed by atoms with E-state index in [4.69, 9.17) is 0 Å². The summed E-state index contributed by atoms with van der Waals surface area (Å²) in [7, 11) is -2.98. The molecular weight excluding hydrogens is 342 g/mol. The van der Waals surface area contributed by atoms with Gasteiger partial charge in [-0.2, -0.15) is 0 Å². The van der Waals surface area contributed by atoms with Gasteiger partial charge in [0.1, 0.15) is 0 Å². The molecule has 1 amide bonds. The van der Waals surface area contributed by atoms with Crippen LogP contribution in [0.5, 0.6) is 0 Å². The Kier molecular flexibility index (Phi) is 6.75. The molecule has 1 atom stereocenters. The van der Waals surface area contributed by atoms with Crippen LogP contribution in [-0.4, -0.2) is 49.1 Å². The molecule has 1 aromatic carbocycles. The van der Waals surface area contributed by atoms with E-state index >= 15 is 0 Å². The summed E-state index contributed by atoms with van der Waals surface area (Å²) >= 11 is 1.55. The van der Waals surface area contributed by atoms with Crippen LogP contribution in [0.1, 0.15) is 37.3 Å². The molecule has 24 heavy (non-hydrogen) atoms. The maximum atomic E-state index is 12.7. The van der Waals surface area contributed by atoms with E-state index in [2.05, 4.69) is 25.1 Å². The summed E-state index contributed by atoms with van der Waals surface area (Å²) < 4.78 is 23.5. The molecule has 6 heteroatoms. The number of carbonyl (C=O) groups excluding carboxylic acids is 1. The first-order valence-electron chi connectivity index (χ1n) is 8.52. The highest BCUT2D eigenvalue weighted by molar-refractivity contribution is 8.00. The van der Waals surface area contributed by atoms with Crippen LogP contribution in [0, 0.1) is 13.8 Å². The number of rotatable bonds is 7. The summed E-state index contributed by atoms with van der Waals surface area (Å²) in [5.74, 6) is 0.746. The number of amides is 1. The van der Waals surface area contributed by atoms with E-state index in [1.807, 2.05) is 18.7 Å². The third-order valence-electron chi connectivity index (χ3n) is 4.42. The van der Waals surface area contributed by atoms with E-state index in [0.29, 0.717) is 18.7 Å². The van der Waals surface area contributed by atoms with Crippen LogP contribution in [0.3, 0.4) is 0 Å². The Balaban J connectivity index is 2.03. The molecule has 1 aliphatic heterocycles. The topological polar surface area (TPSA) is 54.5 Å². The fourth-order valence-corrected chi connectivity index (χ4v) is 5.69. The number of unbranched alkanes of at least 4 members (excludes halogenated alkanes) is 1. The zero-order valence-corrected chi connectivity index (χ0v) is 16.4. The molecule has 1 aromatic rings. The van der Waals surface area contributed by atoms with Crippen LogP contribution in [0.2, 0.25) is 0 Å². The number of benzene rings is 1. The molecule has 0 N–H and O–H groups in total. The maximum Gasteiger partial charge on any atom is 0.233 e. The monoisotopic (exact) mass is 369 g/mol. The lowest BCUT2D eigenvalue weighted by Crippen LogP contribution is -2.42. The largest absolute Gasteiger partial charge is 0.338 e. The third-order valence-corrected chi connectivity index (χ3v) is 7.31. The van der Waals surface area contributed by atoms with E-state index in [9.17, 15) is 13.2 Å². The van der Waals surface area contributed by atoms with Crippen molar-refractivity contribution in [3.63, 3.8) is 0 Å². The summed E-state index contributed by atoms with van der Waals surface area (Å²) in [5.41, 5.74) is 2.35. The lowest BCUT2D eigenvalue weighted by Gasteiger charge is -2.28. The Morgan fingerprint density at radius 1 is 1.33 bits per heavy atom. The lowest BCUT2D eigenvalue weighted by atomic mass is 10.2. The fraction of sp³-hybridized carbons (Fsp3) is 0.611. The van der Waals surface area contributed by atoms with Crippen molar-refractivity contribution in [1.82, 2.24) is 4.90 Å². The Hall–Kier alpha value is -1.01. The van der Waals surface area contributed by atoms with Gasteiger partial charge in [-0.15, -0.1) is 11.8 Å². The fourth-order valence-electron chi connectivity index (χ4n) is 2.95. The first-order chi connectivity index (χ1) is 11.3. The Labute approximate surface area is 149 Å². The van der Waals surface area contributed by atoms with Gasteiger partial charge in [0, 0.05) is 17.5 Å². The molecule has 0 spiro atoms. The first kappa shape index (κ1) is 19.3. The molecule has 1 aliphatic rings. The average molecular weight is 370 g/mol. The van der Waals surface area contributed by atoms with E-state index in [0.717, 1.165) is 17.7 Å². The van der Waals surface area contributed by atoms with Crippen molar-refractivity contribution in [2.45, 2.75) is 51.0 Å².